The summed E-state index contributed by atoms with van der Waals surface area (Å²) >= 11 is 0. The molecule has 2 bridgehead atoms. The summed E-state index contributed by atoms with van der Waals surface area (Å²) in [6.07, 6.45) is -5.97. The molecule has 0 radical (unpaired) electrons. The maximum Gasteiger partial charge on any atom is 0.280 e. The number of hydrogen-bond acceptors (Lipinski definition) is 17. The lowest BCUT2D eigenvalue weighted by molar-refractivity contribution is -0.0578. The molecule has 4 aromatic rings. The normalized spacial score (nSPS) is 37.1. The Morgan fingerprint density at radius 1 is 0.935 bits per heavy atom. The van der Waals surface area contributed by atoms with Gasteiger partial charge in [-0.2, -0.15) is 4.98 Å². The van der Waals surface area contributed by atoms with Gasteiger partial charge in [-0.05, 0) is 0 Å². The molecule has 7 heterocycles. The van der Waals surface area contributed by atoms with Gasteiger partial charge in [-0.25, -0.2) is 24.3 Å². The lowest BCUT2D eigenvalue weighted by Crippen LogP contribution is -2.37. The first-order valence-electron chi connectivity index (χ1n) is 12.9. The lowest BCUT2D eigenvalue weighted by Gasteiger charge is -2.31. The van der Waals surface area contributed by atoms with E-state index in [1.807, 2.05) is 0 Å². The number of imidazole rings is 2. The van der Waals surface area contributed by atoms with Gasteiger partial charge in [0.1, 0.15) is 57.3 Å². The fourth-order valence-corrected chi connectivity index (χ4v) is 6.89. The summed E-state index contributed by atoms with van der Waals surface area (Å²) in [6.45, 7) is -0.728. The molecule has 25 heteroatoms. The molecule has 0 aliphatic carbocycles. The molecule has 5 N–H and O–H groups in total. The zero-order valence-electron chi connectivity index (χ0n) is 22.4. The minimum absolute atomic E-state index is 0.0146. The lowest BCUT2D eigenvalue weighted by atomic mass is 10.1. The molecular weight excluding hydrogens is 655 g/mol. The number of nitrogens with two attached hydrogens (primary N) is 2. The topological polar surface area (TPSA) is 258 Å². The predicted octanol–water partition coefficient (Wildman–Crippen LogP) is -1.96. The Labute approximate surface area is 259 Å². The summed E-state index contributed by atoms with van der Waals surface area (Å²) in [7, 11) is -8.53. The highest BCUT2D eigenvalue weighted by atomic mass is 31.2. The highest BCUT2D eigenvalue weighted by Gasteiger charge is 2.52. The van der Waals surface area contributed by atoms with Gasteiger partial charge in [0.2, 0.25) is 5.95 Å². The van der Waals surface area contributed by atoms with Crippen molar-refractivity contribution >= 4 is 64.2 Å². The van der Waals surface area contributed by atoms with E-state index in [0.29, 0.717) is 0 Å². The van der Waals surface area contributed by atoms with Crippen molar-refractivity contribution < 1.29 is 45.8 Å². The third kappa shape index (κ3) is 5.44. The highest BCUT2D eigenvalue weighted by Crippen LogP contribution is 2.54. The Morgan fingerprint density at radius 2 is 1.57 bits per heavy atom. The van der Waals surface area contributed by atoms with Gasteiger partial charge < -0.3 is 52.9 Å². The summed E-state index contributed by atoms with van der Waals surface area (Å²) in [4.78, 5) is 35.4. The molecule has 10 atom stereocenters. The molecule has 248 valence electrons. The van der Waals surface area contributed by atoms with E-state index in [2.05, 4.69) is 29.9 Å². The molecule has 0 spiro atoms. The van der Waals surface area contributed by atoms with Crippen molar-refractivity contribution in [3.05, 3.63) is 29.3 Å². The monoisotopic (exact) mass is 684 g/mol. The molecule has 20 nitrogen and oxygen atoms in total. The van der Waals surface area contributed by atoms with E-state index in [1.165, 1.54) is 35.2 Å². The van der Waals surface area contributed by atoms with Crippen LogP contribution < -0.4 is 17.0 Å². The smallest absolute Gasteiger partial charge is 0.280 e. The number of halogens is 1. The number of nitrogen functional groups attached to an aromatic ring is 2. The number of nitrogens with zero attached hydrogens (tertiary/aromatic N) is 7. The minimum atomic E-state index is -3.77. The van der Waals surface area contributed by atoms with Gasteiger partial charge in [0, 0.05) is 7.11 Å². The van der Waals surface area contributed by atoms with E-state index >= 15 is 4.39 Å². The molecule has 0 amide bonds. The largest absolute Gasteiger partial charge is 0.382 e. The number of methoxy groups -OCH3 is 1. The van der Waals surface area contributed by atoms with E-state index in [9.17, 15) is 13.9 Å². The molecule has 3 aliphatic heterocycles. The van der Waals surface area contributed by atoms with Crippen molar-refractivity contribution in [3.63, 3.8) is 0 Å². The Morgan fingerprint density at radius 3 is 2.28 bits per heavy atom. The Hall–Kier alpha value is -3.26. The summed E-state index contributed by atoms with van der Waals surface area (Å²) in [5, 5.41) is 0. The Balaban J connectivity index is 1.22. The van der Waals surface area contributed by atoms with Crippen molar-refractivity contribution in [3.8, 4) is 0 Å². The molecule has 4 aromatic heterocycles. The number of H-pyrrole nitrogens is 1. The second-order valence-corrected chi connectivity index (χ2v) is 11.6. The fraction of sp³-hybridized carbons (Fsp3) is 0.524. The van der Waals surface area contributed by atoms with Crippen LogP contribution in [0.15, 0.2) is 23.8 Å². The standard InChI is InChI=1S/C21H29B2FN10O10P2/c1-38-13-8-3-40-45(22,36)43-12-7(41-19(9(12)24)33-5-29-10-15(25)27-4-28-16(10)33)2-39-46(23,37)44-14(13)20(42-8)34-6-30-11-17(34)31-21(26)32-18(11)35/h4-9,12-14,19-20H,2-3H2,1,22-23H3,(H2,25,27,28)(H3,26,31,32,35)/q-2/t7-,8?,9+,12+,13+,14+,19?,20-,45+,46+/m1/s1. The number of anilines is 2. The van der Waals surface area contributed by atoms with Crippen molar-refractivity contribution in [1.82, 2.24) is 39.0 Å². The molecule has 0 aromatic carbocycles. The molecule has 3 saturated heterocycles. The zero-order valence-corrected chi connectivity index (χ0v) is 24.2. The third-order valence-corrected chi connectivity index (χ3v) is 8.87. The van der Waals surface area contributed by atoms with Crippen LogP contribution in [0.3, 0.4) is 0 Å². The Bertz CT molecular complexity index is 1970. The summed E-state index contributed by atoms with van der Waals surface area (Å²) in [5.41, 5.74) is 11.6. The molecule has 3 aliphatic rings. The van der Waals surface area contributed by atoms with Gasteiger partial charge >= 0.3 is 0 Å². The fourth-order valence-electron chi connectivity index (χ4n) is 5.36. The van der Waals surface area contributed by atoms with Crippen molar-refractivity contribution in [2.24, 2.45) is 0 Å². The maximum absolute atomic E-state index is 16.2. The number of alkyl halides is 1. The van der Waals surface area contributed by atoms with Crippen LogP contribution in [0.2, 0.25) is 0 Å². The second-order valence-electron chi connectivity index (χ2n) is 9.81. The van der Waals surface area contributed by atoms with Crippen molar-refractivity contribution in [2.45, 2.75) is 49.1 Å². The van der Waals surface area contributed by atoms with Crippen LogP contribution in [-0.2, 0) is 41.4 Å². The zero-order chi connectivity index (χ0) is 32.5. The number of aromatic nitrogens is 8. The van der Waals surface area contributed by atoms with Crippen LogP contribution in [0.1, 0.15) is 12.5 Å². The number of rotatable bonds is 3. The van der Waals surface area contributed by atoms with Gasteiger partial charge in [0.25, 0.3) is 5.56 Å². The maximum atomic E-state index is 16.2. The van der Waals surface area contributed by atoms with Crippen LogP contribution in [0.25, 0.3) is 22.3 Å². The highest BCUT2D eigenvalue weighted by molar-refractivity contribution is 7.79. The quantitative estimate of drug-likeness (QED) is 0.156. The Kier molecular flexibility index (Phi) is 7.81. The van der Waals surface area contributed by atoms with Gasteiger partial charge in [0.05, 0.1) is 41.0 Å². The molecule has 46 heavy (non-hydrogen) atoms. The second kappa shape index (κ2) is 11.5. The number of ether oxygens (including phenoxy) is 3. The van der Waals surface area contributed by atoms with Crippen molar-refractivity contribution in [1.29, 1.82) is 0 Å². The summed E-state index contributed by atoms with van der Waals surface area (Å²) in [6, 6.07) is 0. The number of nitrogens with one attached hydrogen (secondary N) is 1. The van der Waals surface area contributed by atoms with E-state index in [-0.39, 0.29) is 40.7 Å². The van der Waals surface area contributed by atoms with Gasteiger partial charge in [0.15, 0.2) is 41.3 Å². The molecule has 3 fully saturated rings. The molecule has 0 saturated carbocycles. The first kappa shape index (κ1) is 31.3. The van der Waals surface area contributed by atoms with Gasteiger partial charge in [-0.3, -0.25) is 18.9 Å². The van der Waals surface area contributed by atoms with E-state index in [4.69, 9.17) is 43.8 Å². The average Bonchev–Trinajstić information content (AvgIpc) is 3.75. The average molecular weight is 684 g/mol. The number of aromatic amines is 1. The van der Waals surface area contributed by atoms with Crippen LogP contribution in [0.4, 0.5) is 16.2 Å². The first-order valence-corrected chi connectivity index (χ1v) is 15.1. The van der Waals surface area contributed by atoms with Crippen LogP contribution in [-0.4, -0.2) is 111 Å². The van der Waals surface area contributed by atoms with Crippen LogP contribution in [0, 0.1) is 0 Å². The molecular formula is C21H29B2FN10O10P2-2. The van der Waals surface area contributed by atoms with E-state index in [1.54, 1.807) is 0 Å². The van der Waals surface area contributed by atoms with Crippen molar-refractivity contribution in [2.75, 3.05) is 31.8 Å². The third-order valence-electron chi connectivity index (χ3n) is 7.31. The van der Waals surface area contributed by atoms with Gasteiger partial charge in [-0.1, -0.05) is 0 Å². The van der Waals surface area contributed by atoms with Crippen LogP contribution in [0.5, 0.6) is 0 Å². The van der Waals surface area contributed by atoms with E-state index in [0.717, 1.165) is 0 Å². The number of hydrogen-bond donors (Lipinski definition) is 3. The first-order chi connectivity index (χ1) is 21.9. The summed E-state index contributed by atoms with van der Waals surface area (Å²) < 4.78 is 88.3. The molecule has 2 unspecified atom stereocenters. The molecule has 7 rings (SSSR count). The SMILES string of the molecule is [BH3-][P@]1(=O)OCC2O[C@@H](n3cnc4c(=O)[nH]c(N)nc43)[C@@H](O[P@@]([BH3-])(=O)OC[C@H]3OC(n4cnc5c(N)ncnc54)[C@@H](F)[C@H]3O1)[C@H]2OC. The number of fused-ring (bicyclic) bond motifs is 5. The van der Waals surface area contributed by atoms with Crippen LogP contribution >= 0.6 is 14.9 Å². The predicted molar refractivity (Wildman–Crippen MR) is 163 cm³/mol. The van der Waals surface area contributed by atoms with Gasteiger partial charge in [-0.15, -0.1) is 0 Å². The van der Waals surface area contributed by atoms with E-state index < -0.39 is 91.4 Å². The summed E-state index contributed by atoms with van der Waals surface area (Å²) in [5.74, 6) is -0.0603. The minimum Gasteiger partial charge on any atom is -0.382 e.